The summed E-state index contributed by atoms with van der Waals surface area (Å²) in [6, 6.07) is -0.0667. The zero-order valence-corrected chi connectivity index (χ0v) is 11.7. The third-order valence-corrected chi connectivity index (χ3v) is 3.95. The number of rotatable bonds is 7. The fraction of sp³-hybridized carbons (Fsp3) is 0.857. The molecule has 1 saturated carbocycles. The molecule has 1 fully saturated rings. The number of aliphatic carboxylic acids is 1. The third-order valence-electron chi connectivity index (χ3n) is 3.95. The molecule has 0 heterocycles. The number of carboxylic acids is 1. The molecule has 0 bridgehead atoms. The van der Waals surface area contributed by atoms with Gasteiger partial charge in [0, 0.05) is 19.1 Å². The predicted molar refractivity (Wildman–Crippen MR) is 71.7 cm³/mol. The van der Waals surface area contributed by atoms with E-state index < -0.39 is 5.97 Å². The highest BCUT2D eigenvalue weighted by Gasteiger charge is 2.36. The molecule has 5 nitrogen and oxygen atoms in total. The summed E-state index contributed by atoms with van der Waals surface area (Å²) in [5.41, 5.74) is -0.368. The van der Waals surface area contributed by atoms with E-state index in [0.29, 0.717) is 6.42 Å². The van der Waals surface area contributed by atoms with E-state index in [2.05, 4.69) is 5.32 Å². The highest BCUT2D eigenvalue weighted by Crippen LogP contribution is 2.42. The highest BCUT2D eigenvalue weighted by molar-refractivity contribution is 5.78. The molecule has 1 atom stereocenters. The van der Waals surface area contributed by atoms with E-state index in [1.807, 2.05) is 6.92 Å². The minimum absolute atomic E-state index is 0.0434. The molecule has 1 rings (SSSR count). The molecule has 0 spiro atoms. The maximum Gasteiger partial charge on any atom is 0.303 e. The molecule has 1 aliphatic rings. The smallest absolute Gasteiger partial charge is 0.303 e. The molecule has 0 aromatic carbocycles. The Hall–Kier alpha value is -1.10. The van der Waals surface area contributed by atoms with Crippen LogP contribution in [0.3, 0.4) is 0 Å². The number of amides is 1. The van der Waals surface area contributed by atoms with Crippen molar-refractivity contribution in [3.05, 3.63) is 0 Å². The predicted octanol–water partition coefficient (Wildman–Crippen LogP) is 1.69. The van der Waals surface area contributed by atoms with E-state index in [9.17, 15) is 9.59 Å². The number of carboxylic acid groups (broad SMARTS) is 1. The van der Waals surface area contributed by atoms with Gasteiger partial charge in [-0.2, -0.15) is 0 Å². The van der Waals surface area contributed by atoms with Crippen molar-refractivity contribution in [2.75, 3.05) is 6.61 Å². The van der Waals surface area contributed by atoms with Crippen LogP contribution in [0.15, 0.2) is 0 Å². The minimum Gasteiger partial charge on any atom is -0.481 e. The SMILES string of the molecule is CC(CCO)NC(=O)CC1(CC(=O)O)CCCCC1. The van der Waals surface area contributed by atoms with Crippen molar-refractivity contribution in [3.8, 4) is 0 Å². The number of aliphatic hydroxyl groups is 1. The summed E-state index contributed by atoms with van der Waals surface area (Å²) >= 11 is 0. The summed E-state index contributed by atoms with van der Waals surface area (Å²) in [6.45, 7) is 1.89. The normalized spacial score (nSPS) is 19.7. The van der Waals surface area contributed by atoms with E-state index in [1.54, 1.807) is 0 Å². The molecule has 1 unspecified atom stereocenters. The van der Waals surface area contributed by atoms with Crippen LogP contribution in [0.4, 0.5) is 0 Å². The molecule has 0 saturated heterocycles. The lowest BCUT2D eigenvalue weighted by Crippen LogP contribution is -2.39. The zero-order valence-electron chi connectivity index (χ0n) is 11.7. The van der Waals surface area contributed by atoms with E-state index in [1.165, 1.54) is 0 Å². The Kier molecular flexibility index (Phi) is 6.28. The number of carbonyl (C=O) groups is 2. The Balaban J connectivity index is 2.56. The second-order valence-corrected chi connectivity index (χ2v) is 5.79. The first-order chi connectivity index (χ1) is 8.97. The van der Waals surface area contributed by atoms with Gasteiger partial charge in [-0.1, -0.05) is 19.3 Å². The first kappa shape index (κ1) is 16.0. The van der Waals surface area contributed by atoms with E-state index in [4.69, 9.17) is 10.2 Å². The molecule has 0 radical (unpaired) electrons. The number of carbonyl (C=O) groups excluding carboxylic acids is 1. The van der Waals surface area contributed by atoms with E-state index in [-0.39, 0.29) is 36.8 Å². The Bertz CT molecular complexity index is 311. The first-order valence-corrected chi connectivity index (χ1v) is 7.09. The maximum atomic E-state index is 12.0. The van der Waals surface area contributed by atoms with Gasteiger partial charge in [-0.25, -0.2) is 0 Å². The summed E-state index contributed by atoms with van der Waals surface area (Å²) in [6.07, 6.45) is 5.67. The molecule has 1 aliphatic carbocycles. The monoisotopic (exact) mass is 271 g/mol. The van der Waals surface area contributed by atoms with E-state index in [0.717, 1.165) is 32.1 Å². The molecule has 1 amide bonds. The number of aliphatic hydroxyl groups excluding tert-OH is 1. The van der Waals surface area contributed by atoms with Crippen LogP contribution < -0.4 is 5.32 Å². The van der Waals surface area contributed by atoms with Crippen LogP contribution in [0.5, 0.6) is 0 Å². The van der Waals surface area contributed by atoms with Crippen LogP contribution in [0.1, 0.15) is 58.3 Å². The van der Waals surface area contributed by atoms with Gasteiger partial charge in [0.1, 0.15) is 0 Å². The van der Waals surface area contributed by atoms with Crippen LogP contribution in [0.2, 0.25) is 0 Å². The topological polar surface area (TPSA) is 86.6 Å². The van der Waals surface area contributed by atoms with Gasteiger partial charge in [0.05, 0.1) is 6.42 Å². The second-order valence-electron chi connectivity index (χ2n) is 5.79. The lowest BCUT2D eigenvalue weighted by Gasteiger charge is -2.35. The Morgan fingerprint density at radius 3 is 2.37 bits per heavy atom. The standard InChI is InChI=1S/C14H25NO4/c1-11(5-8-16)15-12(17)9-14(10-13(18)19)6-3-2-4-7-14/h11,16H,2-10H2,1H3,(H,15,17)(H,18,19). The van der Waals surface area contributed by atoms with Gasteiger partial charge >= 0.3 is 5.97 Å². The summed E-state index contributed by atoms with van der Waals surface area (Å²) in [7, 11) is 0. The van der Waals surface area contributed by atoms with Crippen LogP contribution in [0.25, 0.3) is 0 Å². The second kappa shape index (κ2) is 7.48. The molecule has 5 heteroatoms. The average molecular weight is 271 g/mol. The first-order valence-electron chi connectivity index (χ1n) is 7.09. The van der Waals surface area contributed by atoms with Gasteiger partial charge in [-0.15, -0.1) is 0 Å². The lowest BCUT2D eigenvalue weighted by atomic mass is 9.69. The zero-order chi connectivity index (χ0) is 14.3. The molecule has 19 heavy (non-hydrogen) atoms. The number of nitrogens with one attached hydrogen (secondary N) is 1. The molecule has 0 aromatic rings. The number of hydrogen-bond acceptors (Lipinski definition) is 3. The van der Waals surface area contributed by atoms with Gasteiger partial charge in [0.2, 0.25) is 5.91 Å². The Labute approximate surface area is 114 Å². The quantitative estimate of drug-likeness (QED) is 0.657. The van der Waals surface area contributed by atoms with Crippen molar-refractivity contribution in [2.45, 2.75) is 64.3 Å². The summed E-state index contributed by atoms with van der Waals surface area (Å²) in [4.78, 5) is 23.0. The van der Waals surface area contributed by atoms with Gasteiger partial charge in [-0.3, -0.25) is 9.59 Å². The maximum absolute atomic E-state index is 12.0. The molecule has 3 N–H and O–H groups in total. The lowest BCUT2D eigenvalue weighted by molar-refractivity contribution is -0.141. The Morgan fingerprint density at radius 1 is 1.21 bits per heavy atom. The summed E-state index contributed by atoms with van der Waals surface area (Å²) in [5.74, 6) is -0.915. The van der Waals surface area contributed by atoms with Crippen LogP contribution in [-0.2, 0) is 9.59 Å². The summed E-state index contributed by atoms with van der Waals surface area (Å²) in [5, 5.41) is 20.7. The number of hydrogen-bond donors (Lipinski definition) is 3. The molecule has 0 aliphatic heterocycles. The molecule has 0 aromatic heterocycles. The third kappa shape index (κ3) is 5.59. The average Bonchev–Trinajstić information content (AvgIpc) is 2.28. The van der Waals surface area contributed by atoms with Crippen LogP contribution >= 0.6 is 0 Å². The fourth-order valence-corrected chi connectivity index (χ4v) is 2.97. The fourth-order valence-electron chi connectivity index (χ4n) is 2.97. The minimum atomic E-state index is -0.821. The van der Waals surface area contributed by atoms with Crippen molar-refractivity contribution < 1.29 is 19.8 Å². The van der Waals surface area contributed by atoms with Gasteiger partial charge in [0.15, 0.2) is 0 Å². The van der Waals surface area contributed by atoms with Gasteiger partial charge in [-0.05, 0) is 31.6 Å². The van der Waals surface area contributed by atoms with Gasteiger partial charge < -0.3 is 15.5 Å². The van der Waals surface area contributed by atoms with E-state index >= 15 is 0 Å². The van der Waals surface area contributed by atoms with Crippen LogP contribution in [0, 0.1) is 5.41 Å². The molecular formula is C14H25NO4. The largest absolute Gasteiger partial charge is 0.481 e. The van der Waals surface area contributed by atoms with Crippen molar-refractivity contribution >= 4 is 11.9 Å². The van der Waals surface area contributed by atoms with Crippen LogP contribution in [-0.4, -0.2) is 34.7 Å². The van der Waals surface area contributed by atoms with Crippen molar-refractivity contribution in [3.63, 3.8) is 0 Å². The summed E-state index contributed by atoms with van der Waals surface area (Å²) < 4.78 is 0. The van der Waals surface area contributed by atoms with Crippen molar-refractivity contribution in [1.82, 2.24) is 5.32 Å². The Morgan fingerprint density at radius 2 is 1.84 bits per heavy atom. The van der Waals surface area contributed by atoms with Crippen molar-refractivity contribution in [1.29, 1.82) is 0 Å². The molecule has 110 valence electrons. The van der Waals surface area contributed by atoms with Gasteiger partial charge in [0.25, 0.3) is 0 Å². The van der Waals surface area contributed by atoms with Crippen molar-refractivity contribution in [2.24, 2.45) is 5.41 Å². The highest BCUT2D eigenvalue weighted by atomic mass is 16.4. The molecular weight excluding hydrogens is 246 g/mol.